The van der Waals surface area contributed by atoms with Gasteiger partial charge in [-0.05, 0) is 49.6 Å². The van der Waals surface area contributed by atoms with Crippen LogP contribution in [0.2, 0.25) is 0 Å². The van der Waals surface area contributed by atoms with Gasteiger partial charge in [-0.1, -0.05) is 12.1 Å². The molecule has 1 heterocycles. The molecule has 0 radical (unpaired) electrons. The molecule has 1 N–H and O–H groups in total. The van der Waals surface area contributed by atoms with Crippen LogP contribution >= 0.6 is 0 Å². The van der Waals surface area contributed by atoms with Crippen molar-refractivity contribution in [1.29, 1.82) is 0 Å². The van der Waals surface area contributed by atoms with E-state index in [4.69, 9.17) is 0 Å². The highest BCUT2D eigenvalue weighted by Gasteiger charge is 2.17. The van der Waals surface area contributed by atoms with Gasteiger partial charge in [0.25, 0.3) is 5.56 Å². The number of aromatic carboxylic acids is 1. The van der Waals surface area contributed by atoms with Crippen LogP contribution in [0, 0.1) is 20.8 Å². The van der Waals surface area contributed by atoms with Crippen LogP contribution in [0.4, 0.5) is 0 Å². The van der Waals surface area contributed by atoms with Crippen LogP contribution < -0.4 is 5.56 Å². The zero-order valence-corrected chi connectivity index (χ0v) is 11.1. The van der Waals surface area contributed by atoms with Gasteiger partial charge in [0.2, 0.25) is 0 Å². The molecule has 19 heavy (non-hydrogen) atoms. The number of benzene rings is 1. The highest BCUT2D eigenvalue weighted by atomic mass is 16.4. The minimum Gasteiger partial charge on any atom is -0.477 e. The summed E-state index contributed by atoms with van der Waals surface area (Å²) in [4.78, 5) is 23.5. The second-order valence-electron chi connectivity index (χ2n) is 4.63. The molecule has 0 atom stereocenters. The van der Waals surface area contributed by atoms with Gasteiger partial charge in [-0.2, -0.15) is 0 Å². The van der Waals surface area contributed by atoms with Crippen molar-refractivity contribution in [2.45, 2.75) is 20.8 Å². The Bertz CT molecular complexity index is 714. The minimum atomic E-state index is -1.19. The van der Waals surface area contributed by atoms with Gasteiger partial charge in [-0.15, -0.1) is 0 Å². The Balaban J connectivity index is 2.79. The molecule has 1 aromatic carbocycles. The molecular weight excluding hydrogens is 242 g/mol. The van der Waals surface area contributed by atoms with Crippen molar-refractivity contribution in [3.8, 4) is 5.69 Å². The summed E-state index contributed by atoms with van der Waals surface area (Å²) in [6, 6.07) is 7.40. The van der Waals surface area contributed by atoms with E-state index in [9.17, 15) is 14.7 Å². The summed E-state index contributed by atoms with van der Waals surface area (Å²) in [6.07, 6.45) is 1.68. The molecule has 0 unspecified atom stereocenters. The van der Waals surface area contributed by atoms with E-state index in [2.05, 4.69) is 0 Å². The predicted octanol–water partition coefficient (Wildman–Crippen LogP) is 2.46. The standard InChI is InChI=1S/C15H15NO3/c1-9-5-4-6-12(7-9)16-8-10(2)11(3)13(14(16)17)15(18)19/h4-8H,1-3H3,(H,18,19). The SMILES string of the molecule is Cc1cccc(-n2cc(C)c(C)c(C(=O)O)c2=O)c1. The molecule has 0 saturated carbocycles. The van der Waals surface area contributed by atoms with Crippen molar-refractivity contribution >= 4 is 5.97 Å². The number of aryl methyl sites for hydroxylation is 2. The van der Waals surface area contributed by atoms with Gasteiger partial charge in [0, 0.05) is 11.9 Å². The summed E-state index contributed by atoms with van der Waals surface area (Å²) in [6.45, 7) is 5.38. The number of hydrogen-bond donors (Lipinski definition) is 1. The second-order valence-corrected chi connectivity index (χ2v) is 4.63. The third-order valence-electron chi connectivity index (χ3n) is 3.22. The smallest absolute Gasteiger partial charge is 0.341 e. The van der Waals surface area contributed by atoms with Crippen molar-refractivity contribution in [3.05, 3.63) is 63.1 Å². The monoisotopic (exact) mass is 257 g/mol. The van der Waals surface area contributed by atoms with Crippen LogP contribution in [0.1, 0.15) is 27.0 Å². The van der Waals surface area contributed by atoms with Crippen molar-refractivity contribution in [2.24, 2.45) is 0 Å². The molecule has 0 aliphatic carbocycles. The van der Waals surface area contributed by atoms with Crippen LogP contribution in [0.3, 0.4) is 0 Å². The summed E-state index contributed by atoms with van der Waals surface area (Å²) in [5, 5.41) is 9.18. The number of pyridine rings is 1. The fraction of sp³-hybridized carbons (Fsp3) is 0.200. The van der Waals surface area contributed by atoms with Gasteiger partial charge >= 0.3 is 5.97 Å². The molecule has 0 aliphatic heterocycles. The first kappa shape index (κ1) is 13.1. The topological polar surface area (TPSA) is 59.3 Å². The van der Waals surface area contributed by atoms with Crippen molar-refractivity contribution in [1.82, 2.24) is 4.57 Å². The third-order valence-corrected chi connectivity index (χ3v) is 3.22. The number of carboxylic acid groups (broad SMARTS) is 1. The highest BCUT2D eigenvalue weighted by Crippen LogP contribution is 2.13. The van der Waals surface area contributed by atoms with E-state index in [0.29, 0.717) is 11.3 Å². The lowest BCUT2D eigenvalue weighted by molar-refractivity contribution is 0.0693. The number of rotatable bonds is 2. The number of hydrogen-bond acceptors (Lipinski definition) is 2. The van der Waals surface area contributed by atoms with Crippen LogP contribution in [0.25, 0.3) is 5.69 Å². The van der Waals surface area contributed by atoms with E-state index in [1.54, 1.807) is 26.1 Å². The lowest BCUT2D eigenvalue weighted by Gasteiger charge is -2.12. The van der Waals surface area contributed by atoms with Gasteiger partial charge in [-0.3, -0.25) is 9.36 Å². The first-order valence-electron chi connectivity index (χ1n) is 5.95. The molecule has 4 nitrogen and oxygen atoms in total. The Hall–Kier alpha value is -2.36. The quantitative estimate of drug-likeness (QED) is 0.899. The van der Waals surface area contributed by atoms with Gasteiger partial charge < -0.3 is 5.11 Å². The Morgan fingerprint density at radius 2 is 1.89 bits per heavy atom. The van der Waals surface area contributed by atoms with E-state index < -0.39 is 11.5 Å². The maximum absolute atomic E-state index is 12.3. The molecule has 0 amide bonds. The number of nitrogens with zero attached hydrogens (tertiary/aromatic N) is 1. The van der Waals surface area contributed by atoms with Crippen molar-refractivity contribution < 1.29 is 9.90 Å². The fourth-order valence-electron chi connectivity index (χ4n) is 2.05. The van der Waals surface area contributed by atoms with E-state index in [1.807, 2.05) is 25.1 Å². The fourth-order valence-corrected chi connectivity index (χ4v) is 2.05. The Labute approximate surface area is 110 Å². The second kappa shape index (κ2) is 4.72. The normalized spacial score (nSPS) is 10.5. The molecule has 0 bridgehead atoms. The van der Waals surface area contributed by atoms with Crippen LogP contribution in [-0.4, -0.2) is 15.6 Å². The maximum Gasteiger partial charge on any atom is 0.341 e. The Kier molecular flexibility index (Phi) is 3.25. The van der Waals surface area contributed by atoms with Crippen molar-refractivity contribution in [3.63, 3.8) is 0 Å². The summed E-state index contributed by atoms with van der Waals surface area (Å²) in [5.74, 6) is -1.19. The molecule has 0 saturated heterocycles. The predicted molar refractivity (Wildman–Crippen MR) is 73.2 cm³/mol. The van der Waals surface area contributed by atoms with Crippen LogP contribution in [0.15, 0.2) is 35.3 Å². The molecule has 1 aromatic heterocycles. The highest BCUT2D eigenvalue weighted by molar-refractivity contribution is 5.89. The molecule has 98 valence electrons. The Morgan fingerprint density at radius 1 is 1.21 bits per heavy atom. The van der Waals surface area contributed by atoms with Crippen molar-refractivity contribution in [2.75, 3.05) is 0 Å². The molecule has 4 heteroatoms. The van der Waals surface area contributed by atoms with Gasteiger partial charge in [0.1, 0.15) is 5.56 Å². The largest absolute Gasteiger partial charge is 0.477 e. The van der Waals surface area contributed by atoms with Gasteiger partial charge in [0.15, 0.2) is 0 Å². The number of aromatic nitrogens is 1. The van der Waals surface area contributed by atoms with E-state index >= 15 is 0 Å². The molecule has 2 aromatic rings. The average molecular weight is 257 g/mol. The van der Waals surface area contributed by atoms with Crippen LogP contribution in [-0.2, 0) is 0 Å². The third kappa shape index (κ3) is 2.29. The van der Waals surface area contributed by atoms with Crippen LogP contribution in [0.5, 0.6) is 0 Å². The van der Waals surface area contributed by atoms with E-state index in [0.717, 1.165) is 11.1 Å². The average Bonchev–Trinajstić information content (AvgIpc) is 2.33. The molecular formula is C15H15NO3. The Morgan fingerprint density at radius 3 is 2.47 bits per heavy atom. The lowest BCUT2D eigenvalue weighted by Crippen LogP contribution is -2.27. The minimum absolute atomic E-state index is 0.165. The summed E-state index contributed by atoms with van der Waals surface area (Å²) < 4.78 is 1.39. The zero-order valence-electron chi connectivity index (χ0n) is 11.1. The summed E-state index contributed by atoms with van der Waals surface area (Å²) in [7, 11) is 0. The van der Waals surface area contributed by atoms with Gasteiger partial charge in [0.05, 0.1) is 0 Å². The van der Waals surface area contributed by atoms with Gasteiger partial charge in [-0.25, -0.2) is 4.79 Å². The number of carboxylic acids is 1. The number of carbonyl (C=O) groups is 1. The first-order valence-corrected chi connectivity index (χ1v) is 5.95. The molecule has 0 fully saturated rings. The van der Waals surface area contributed by atoms with E-state index in [-0.39, 0.29) is 5.56 Å². The summed E-state index contributed by atoms with van der Waals surface area (Å²) in [5.41, 5.74) is 2.32. The zero-order chi connectivity index (χ0) is 14.2. The maximum atomic E-state index is 12.3. The first-order chi connectivity index (χ1) is 8.91. The summed E-state index contributed by atoms with van der Waals surface area (Å²) >= 11 is 0. The van der Waals surface area contributed by atoms with E-state index in [1.165, 1.54) is 4.57 Å². The molecule has 0 aliphatic rings. The lowest BCUT2D eigenvalue weighted by atomic mass is 10.1. The molecule has 0 spiro atoms. The molecule has 2 rings (SSSR count).